The lowest BCUT2D eigenvalue weighted by atomic mass is 10.1. The topological polar surface area (TPSA) is 52.1 Å². The smallest absolute Gasteiger partial charge is 0.422 e. The van der Waals surface area contributed by atoms with E-state index in [-0.39, 0.29) is 29.7 Å². The summed E-state index contributed by atoms with van der Waals surface area (Å²) in [7, 11) is 1.67. The van der Waals surface area contributed by atoms with Gasteiger partial charge in [-0.25, -0.2) is 0 Å². The number of aryl methyl sites for hydroxylation is 1. The number of hydrogen-bond donors (Lipinski definition) is 2. The fourth-order valence-electron chi connectivity index (χ4n) is 3.16. The maximum atomic E-state index is 12.5. The molecule has 2 N–H and O–H groups in total. The Hall–Kier alpha value is -1.27. The maximum Gasteiger partial charge on any atom is 0.422 e. The van der Waals surface area contributed by atoms with E-state index in [1.807, 2.05) is 13.0 Å². The van der Waals surface area contributed by atoms with Crippen LogP contribution >= 0.6 is 24.0 Å². The van der Waals surface area contributed by atoms with Gasteiger partial charge in [-0.3, -0.25) is 9.89 Å². The van der Waals surface area contributed by atoms with Crippen molar-refractivity contribution in [2.24, 2.45) is 4.99 Å². The van der Waals surface area contributed by atoms with Crippen LogP contribution in [0.1, 0.15) is 18.1 Å². The first-order valence-electron chi connectivity index (χ1n) is 9.99. The molecule has 0 radical (unpaired) electrons. The van der Waals surface area contributed by atoms with Crippen molar-refractivity contribution in [3.05, 3.63) is 29.3 Å². The molecule has 0 spiro atoms. The lowest BCUT2D eigenvalue weighted by molar-refractivity contribution is -0.153. The third-order valence-corrected chi connectivity index (χ3v) is 4.92. The Bertz CT molecular complexity index is 664. The van der Waals surface area contributed by atoms with Crippen LogP contribution in [-0.2, 0) is 6.54 Å². The first-order valence-corrected chi connectivity index (χ1v) is 9.99. The summed E-state index contributed by atoms with van der Waals surface area (Å²) in [5.74, 6) is 0.846. The summed E-state index contributed by atoms with van der Waals surface area (Å²) in [4.78, 5) is 9.04. The number of aliphatic imine (C=N–C) groups is 1. The second-order valence-electron chi connectivity index (χ2n) is 7.14. The molecule has 0 amide bonds. The largest absolute Gasteiger partial charge is 0.484 e. The van der Waals surface area contributed by atoms with E-state index < -0.39 is 12.8 Å². The Morgan fingerprint density at radius 1 is 1.13 bits per heavy atom. The van der Waals surface area contributed by atoms with Crippen molar-refractivity contribution in [2.45, 2.75) is 26.6 Å². The highest BCUT2D eigenvalue weighted by molar-refractivity contribution is 14.0. The van der Waals surface area contributed by atoms with Crippen LogP contribution in [-0.4, -0.2) is 81.4 Å². The summed E-state index contributed by atoms with van der Waals surface area (Å²) in [5, 5.41) is 6.41. The average Bonchev–Trinajstić information content (AvgIpc) is 2.69. The Kier molecular flexibility index (Phi) is 11.8. The molecule has 1 fully saturated rings. The highest BCUT2D eigenvalue weighted by Gasteiger charge is 2.28. The zero-order chi connectivity index (χ0) is 21.3. The van der Waals surface area contributed by atoms with Crippen LogP contribution in [0, 0.1) is 6.92 Å². The van der Waals surface area contributed by atoms with Crippen molar-refractivity contribution >= 4 is 29.9 Å². The van der Waals surface area contributed by atoms with Gasteiger partial charge >= 0.3 is 6.18 Å². The lowest BCUT2D eigenvalue weighted by Gasteiger charge is -2.34. The summed E-state index contributed by atoms with van der Waals surface area (Å²) in [6.45, 7) is 10.1. The molecule has 6 nitrogen and oxygen atoms in total. The van der Waals surface area contributed by atoms with E-state index in [4.69, 9.17) is 4.74 Å². The molecule has 0 atom stereocenters. The monoisotopic (exact) mass is 543 g/mol. The molecule has 1 saturated heterocycles. The molecule has 0 aromatic heterocycles. The highest BCUT2D eigenvalue weighted by Crippen LogP contribution is 2.23. The predicted octanol–water partition coefficient (Wildman–Crippen LogP) is 2.86. The quantitative estimate of drug-likeness (QED) is 0.300. The standard InChI is InChI=1S/C20H32F3N5O.HI/c1-4-27-9-11-28(12-10-27)8-7-25-19(24-3)26-14-17-6-5-16(2)13-18(17)29-15-20(21,22)23;/h5-6,13H,4,7-12,14-15H2,1-3H3,(H2,24,25,26);1H. The molecule has 1 aromatic rings. The van der Waals surface area contributed by atoms with Gasteiger partial charge in [-0.05, 0) is 25.1 Å². The zero-order valence-electron chi connectivity index (χ0n) is 17.9. The molecule has 10 heteroatoms. The van der Waals surface area contributed by atoms with Crippen molar-refractivity contribution in [3.63, 3.8) is 0 Å². The van der Waals surface area contributed by atoms with E-state index in [0.29, 0.717) is 18.1 Å². The Balaban J connectivity index is 0.00000450. The Labute approximate surface area is 194 Å². The van der Waals surface area contributed by atoms with Crippen LogP contribution in [0.2, 0.25) is 0 Å². The van der Waals surface area contributed by atoms with Crippen molar-refractivity contribution < 1.29 is 17.9 Å². The number of piperazine rings is 1. The van der Waals surface area contributed by atoms with E-state index >= 15 is 0 Å². The van der Waals surface area contributed by atoms with Gasteiger partial charge in [-0.15, -0.1) is 24.0 Å². The minimum atomic E-state index is -4.37. The summed E-state index contributed by atoms with van der Waals surface area (Å²) in [6, 6.07) is 5.24. The van der Waals surface area contributed by atoms with E-state index in [0.717, 1.165) is 51.4 Å². The van der Waals surface area contributed by atoms with Crippen LogP contribution < -0.4 is 15.4 Å². The molecule has 0 aliphatic carbocycles. The van der Waals surface area contributed by atoms with E-state index in [2.05, 4.69) is 32.3 Å². The average molecular weight is 543 g/mol. The molecule has 0 unspecified atom stereocenters. The van der Waals surface area contributed by atoms with E-state index in [9.17, 15) is 13.2 Å². The van der Waals surface area contributed by atoms with Gasteiger partial charge in [0.05, 0.1) is 0 Å². The van der Waals surface area contributed by atoms with Crippen molar-refractivity contribution in [1.82, 2.24) is 20.4 Å². The summed E-state index contributed by atoms with van der Waals surface area (Å²) in [5.41, 5.74) is 1.50. The molecule has 30 heavy (non-hydrogen) atoms. The number of halogens is 4. The fourth-order valence-corrected chi connectivity index (χ4v) is 3.16. The van der Waals surface area contributed by atoms with Crippen LogP contribution in [0.4, 0.5) is 13.2 Å². The van der Waals surface area contributed by atoms with Crippen LogP contribution in [0.25, 0.3) is 0 Å². The summed E-state index contributed by atoms with van der Waals surface area (Å²) in [6.07, 6.45) is -4.37. The number of alkyl halides is 3. The van der Waals surface area contributed by atoms with Gasteiger partial charge in [0, 0.05) is 58.4 Å². The Morgan fingerprint density at radius 2 is 1.80 bits per heavy atom. The first-order chi connectivity index (χ1) is 13.8. The van der Waals surface area contributed by atoms with Gasteiger partial charge in [0.25, 0.3) is 0 Å². The number of nitrogens with one attached hydrogen (secondary N) is 2. The van der Waals surface area contributed by atoms with Crippen molar-refractivity contribution in [3.8, 4) is 5.75 Å². The number of likely N-dealkylation sites (N-methyl/N-ethyl adjacent to an activating group) is 1. The molecule has 1 aliphatic heterocycles. The molecule has 1 aromatic carbocycles. The molecule has 2 rings (SSSR count). The highest BCUT2D eigenvalue weighted by atomic mass is 127. The lowest BCUT2D eigenvalue weighted by Crippen LogP contribution is -2.49. The number of rotatable bonds is 8. The predicted molar refractivity (Wildman–Crippen MR) is 125 cm³/mol. The van der Waals surface area contributed by atoms with Gasteiger partial charge in [-0.2, -0.15) is 13.2 Å². The zero-order valence-corrected chi connectivity index (χ0v) is 20.2. The van der Waals surface area contributed by atoms with E-state index in [1.165, 1.54) is 0 Å². The normalized spacial score (nSPS) is 16.1. The maximum absolute atomic E-state index is 12.5. The second-order valence-corrected chi connectivity index (χ2v) is 7.14. The SMILES string of the molecule is CCN1CCN(CCNC(=NC)NCc2ccc(C)cc2OCC(F)(F)F)CC1.I. The number of benzene rings is 1. The second kappa shape index (κ2) is 13.2. The van der Waals surface area contributed by atoms with Crippen molar-refractivity contribution in [1.29, 1.82) is 0 Å². The molecule has 1 heterocycles. The molecule has 172 valence electrons. The van der Waals surface area contributed by atoms with Crippen LogP contribution in [0.15, 0.2) is 23.2 Å². The molecular formula is C20H33F3IN5O. The fraction of sp³-hybridized carbons (Fsp3) is 0.650. The van der Waals surface area contributed by atoms with Gasteiger partial charge < -0.3 is 20.3 Å². The Morgan fingerprint density at radius 3 is 2.40 bits per heavy atom. The molecule has 1 aliphatic rings. The summed E-state index contributed by atoms with van der Waals surface area (Å²) < 4.78 is 42.5. The van der Waals surface area contributed by atoms with Gasteiger partial charge in [0.1, 0.15) is 5.75 Å². The third-order valence-electron chi connectivity index (χ3n) is 4.92. The van der Waals surface area contributed by atoms with Gasteiger partial charge in [-0.1, -0.05) is 19.1 Å². The van der Waals surface area contributed by atoms with Gasteiger partial charge in [0.15, 0.2) is 12.6 Å². The number of ether oxygens (including phenoxy) is 1. The number of nitrogens with zero attached hydrogens (tertiary/aromatic N) is 3. The third kappa shape index (κ3) is 9.69. The first kappa shape index (κ1) is 26.8. The molecule has 0 bridgehead atoms. The minimum absolute atomic E-state index is 0. The molecular weight excluding hydrogens is 510 g/mol. The van der Waals surface area contributed by atoms with Crippen molar-refractivity contribution in [2.75, 3.05) is 59.5 Å². The minimum Gasteiger partial charge on any atom is -0.484 e. The van der Waals surface area contributed by atoms with Crippen LogP contribution in [0.3, 0.4) is 0 Å². The van der Waals surface area contributed by atoms with Gasteiger partial charge in [0.2, 0.25) is 0 Å². The number of guanidine groups is 1. The number of hydrogen-bond acceptors (Lipinski definition) is 4. The molecule has 0 saturated carbocycles. The summed E-state index contributed by atoms with van der Waals surface area (Å²) >= 11 is 0. The van der Waals surface area contributed by atoms with Crippen LogP contribution in [0.5, 0.6) is 5.75 Å². The van der Waals surface area contributed by atoms with E-state index in [1.54, 1.807) is 19.2 Å².